The first-order valence-electron chi connectivity index (χ1n) is 6.36. The molecule has 3 nitrogen and oxygen atoms in total. The molecule has 0 bridgehead atoms. The average molecular weight is 355 g/mol. The van der Waals surface area contributed by atoms with Crippen LogP contribution in [0.25, 0.3) is 0 Å². The summed E-state index contributed by atoms with van der Waals surface area (Å²) in [7, 11) is 3.03. The van der Waals surface area contributed by atoms with Crippen LogP contribution in [-0.4, -0.2) is 14.2 Å². The number of ether oxygens (including phenoxy) is 3. The van der Waals surface area contributed by atoms with Crippen LogP contribution >= 0.6 is 15.9 Å². The molecular weight excluding hydrogens is 339 g/mol. The highest BCUT2D eigenvalue weighted by Gasteiger charge is 2.08. The third-order valence-electron chi connectivity index (χ3n) is 2.99. The van der Waals surface area contributed by atoms with E-state index >= 15 is 0 Å². The summed E-state index contributed by atoms with van der Waals surface area (Å²) in [5.74, 6) is 1.09. The molecule has 0 saturated heterocycles. The van der Waals surface area contributed by atoms with Gasteiger partial charge in [0, 0.05) is 5.33 Å². The predicted molar refractivity (Wildman–Crippen MR) is 82.9 cm³/mol. The molecule has 0 heterocycles. The van der Waals surface area contributed by atoms with Crippen molar-refractivity contribution in [1.29, 1.82) is 0 Å². The van der Waals surface area contributed by atoms with Gasteiger partial charge in [0.25, 0.3) is 0 Å². The molecule has 2 rings (SSSR count). The van der Waals surface area contributed by atoms with Crippen molar-refractivity contribution in [1.82, 2.24) is 0 Å². The molecule has 0 aliphatic carbocycles. The quantitative estimate of drug-likeness (QED) is 0.723. The van der Waals surface area contributed by atoms with Gasteiger partial charge in [0.05, 0.1) is 14.2 Å². The van der Waals surface area contributed by atoms with Gasteiger partial charge in [0.1, 0.15) is 6.61 Å². The number of hydrogen-bond donors (Lipinski definition) is 0. The molecule has 0 unspecified atom stereocenters. The molecule has 2 aromatic carbocycles. The zero-order valence-electron chi connectivity index (χ0n) is 11.9. The lowest BCUT2D eigenvalue weighted by molar-refractivity contribution is 0.283. The van der Waals surface area contributed by atoms with Gasteiger partial charge in [-0.05, 0) is 35.4 Å². The Hall–Kier alpha value is -1.75. The summed E-state index contributed by atoms with van der Waals surface area (Å²) < 4.78 is 29.5. The first kappa shape index (κ1) is 15.6. The molecular formula is C16H16BrFO3. The summed E-state index contributed by atoms with van der Waals surface area (Å²) in [4.78, 5) is 0. The Labute approximate surface area is 131 Å². The minimum atomic E-state index is -0.403. The monoisotopic (exact) mass is 354 g/mol. The molecule has 0 fully saturated rings. The zero-order chi connectivity index (χ0) is 15.2. The zero-order valence-corrected chi connectivity index (χ0v) is 13.4. The Morgan fingerprint density at radius 3 is 2.19 bits per heavy atom. The van der Waals surface area contributed by atoms with E-state index in [1.165, 1.54) is 13.2 Å². The topological polar surface area (TPSA) is 27.7 Å². The van der Waals surface area contributed by atoms with Crippen molar-refractivity contribution in [2.75, 3.05) is 14.2 Å². The Bertz CT molecular complexity index is 616. The maximum Gasteiger partial charge on any atom is 0.165 e. The van der Waals surface area contributed by atoms with Gasteiger partial charge in [-0.3, -0.25) is 0 Å². The molecule has 0 atom stereocenters. The van der Waals surface area contributed by atoms with Crippen molar-refractivity contribution in [3.63, 3.8) is 0 Å². The van der Waals surface area contributed by atoms with Crippen LogP contribution in [0.2, 0.25) is 0 Å². The van der Waals surface area contributed by atoms with Gasteiger partial charge in [-0.2, -0.15) is 0 Å². The number of benzene rings is 2. The Morgan fingerprint density at radius 2 is 1.57 bits per heavy atom. The van der Waals surface area contributed by atoms with E-state index in [4.69, 9.17) is 14.2 Å². The predicted octanol–water partition coefficient (Wildman–Crippen LogP) is 4.32. The largest absolute Gasteiger partial charge is 0.494 e. The van der Waals surface area contributed by atoms with Crippen LogP contribution in [0.15, 0.2) is 36.4 Å². The highest BCUT2D eigenvalue weighted by Crippen LogP contribution is 2.30. The smallest absolute Gasteiger partial charge is 0.165 e. The third kappa shape index (κ3) is 3.88. The molecule has 21 heavy (non-hydrogen) atoms. The van der Waals surface area contributed by atoms with Crippen LogP contribution < -0.4 is 14.2 Å². The number of rotatable bonds is 6. The lowest BCUT2D eigenvalue weighted by atomic mass is 10.2. The van der Waals surface area contributed by atoms with Crippen molar-refractivity contribution >= 4 is 15.9 Å². The van der Waals surface area contributed by atoms with E-state index in [9.17, 15) is 4.39 Å². The van der Waals surface area contributed by atoms with Crippen LogP contribution in [0.5, 0.6) is 17.2 Å². The first-order chi connectivity index (χ1) is 10.2. The van der Waals surface area contributed by atoms with Crippen LogP contribution in [0.4, 0.5) is 4.39 Å². The van der Waals surface area contributed by atoms with Crippen molar-refractivity contribution in [3.8, 4) is 17.2 Å². The van der Waals surface area contributed by atoms with E-state index in [1.807, 2.05) is 18.2 Å². The molecule has 0 aliphatic heterocycles. The van der Waals surface area contributed by atoms with E-state index in [0.29, 0.717) is 11.5 Å². The summed E-state index contributed by atoms with van der Waals surface area (Å²) in [6.45, 7) is 0.255. The second kappa shape index (κ2) is 7.31. The van der Waals surface area contributed by atoms with Gasteiger partial charge in [0.2, 0.25) is 0 Å². The van der Waals surface area contributed by atoms with E-state index in [-0.39, 0.29) is 12.4 Å². The maximum atomic E-state index is 13.6. The van der Waals surface area contributed by atoms with Gasteiger partial charge in [-0.1, -0.05) is 28.1 Å². The number of alkyl halides is 1. The van der Waals surface area contributed by atoms with Gasteiger partial charge in [-0.15, -0.1) is 0 Å². The van der Waals surface area contributed by atoms with Crippen LogP contribution in [0.3, 0.4) is 0 Å². The molecule has 0 saturated carbocycles. The van der Waals surface area contributed by atoms with E-state index in [0.717, 1.165) is 16.5 Å². The first-order valence-corrected chi connectivity index (χ1v) is 7.48. The van der Waals surface area contributed by atoms with E-state index in [1.54, 1.807) is 19.2 Å². The molecule has 2 aromatic rings. The van der Waals surface area contributed by atoms with Gasteiger partial charge < -0.3 is 14.2 Å². The summed E-state index contributed by atoms with van der Waals surface area (Å²) in [5.41, 5.74) is 1.81. The molecule has 0 radical (unpaired) electrons. The van der Waals surface area contributed by atoms with Gasteiger partial charge in [-0.25, -0.2) is 4.39 Å². The molecule has 0 aliphatic rings. The minimum Gasteiger partial charge on any atom is -0.494 e. The number of hydrogen-bond acceptors (Lipinski definition) is 3. The van der Waals surface area contributed by atoms with E-state index < -0.39 is 5.82 Å². The standard InChI is InChI=1S/C16H16BrFO3/c1-19-14-5-4-12(7-13(14)18)10-21-15-6-3-11(9-17)8-16(15)20-2/h3-8H,9-10H2,1-2H3. The fourth-order valence-electron chi connectivity index (χ4n) is 1.88. The van der Waals surface area contributed by atoms with Crippen LogP contribution in [0.1, 0.15) is 11.1 Å². The van der Waals surface area contributed by atoms with Crippen molar-refractivity contribution in [3.05, 3.63) is 53.3 Å². The molecule has 0 aromatic heterocycles. The Kier molecular flexibility index (Phi) is 5.44. The number of halogens is 2. The van der Waals surface area contributed by atoms with Gasteiger partial charge in [0.15, 0.2) is 23.1 Å². The molecule has 0 spiro atoms. The highest BCUT2D eigenvalue weighted by molar-refractivity contribution is 9.08. The number of methoxy groups -OCH3 is 2. The van der Waals surface area contributed by atoms with Gasteiger partial charge >= 0.3 is 0 Å². The summed E-state index contributed by atoms with van der Waals surface area (Å²) in [5, 5.41) is 0.743. The molecule has 0 amide bonds. The van der Waals surface area contributed by atoms with Crippen molar-refractivity contribution in [2.24, 2.45) is 0 Å². The summed E-state index contributed by atoms with van der Waals surface area (Å²) in [6.07, 6.45) is 0. The second-order valence-electron chi connectivity index (χ2n) is 4.38. The van der Waals surface area contributed by atoms with Crippen LogP contribution in [-0.2, 0) is 11.9 Å². The molecule has 0 N–H and O–H groups in total. The summed E-state index contributed by atoms with van der Waals surface area (Å²) >= 11 is 3.39. The Morgan fingerprint density at radius 1 is 0.905 bits per heavy atom. The summed E-state index contributed by atoms with van der Waals surface area (Å²) in [6, 6.07) is 10.4. The van der Waals surface area contributed by atoms with E-state index in [2.05, 4.69) is 15.9 Å². The minimum absolute atomic E-state index is 0.220. The normalized spacial score (nSPS) is 10.3. The average Bonchev–Trinajstić information content (AvgIpc) is 2.52. The maximum absolute atomic E-state index is 13.6. The SMILES string of the molecule is COc1ccc(COc2ccc(CBr)cc2OC)cc1F. The Balaban J connectivity index is 2.10. The third-order valence-corrected chi connectivity index (χ3v) is 3.64. The highest BCUT2D eigenvalue weighted by atomic mass is 79.9. The van der Waals surface area contributed by atoms with Crippen LogP contribution in [0, 0.1) is 5.82 Å². The lowest BCUT2D eigenvalue weighted by Gasteiger charge is -2.12. The molecule has 112 valence electrons. The van der Waals surface area contributed by atoms with Crippen molar-refractivity contribution < 1.29 is 18.6 Å². The fraction of sp³-hybridized carbons (Fsp3) is 0.250. The fourth-order valence-corrected chi connectivity index (χ4v) is 2.22. The molecule has 5 heteroatoms. The van der Waals surface area contributed by atoms with Crippen molar-refractivity contribution in [2.45, 2.75) is 11.9 Å². The second-order valence-corrected chi connectivity index (χ2v) is 4.94. The lowest BCUT2D eigenvalue weighted by Crippen LogP contribution is -1.99.